The highest BCUT2D eigenvalue weighted by atomic mass is 15.3. The normalized spacial score (nSPS) is 10.2. The molecule has 2 rings (SSSR count). The Morgan fingerprint density at radius 2 is 2.06 bits per heavy atom. The zero-order chi connectivity index (χ0) is 12.4. The first kappa shape index (κ1) is 11.4. The van der Waals surface area contributed by atoms with E-state index in [1.54, 1.807) is 0 Å². The fourth-order valence-electron chi connectivity index (χ4n) is 1.94. The second kappa shape index (κ2) is 4.42. The molecule has 0 bridgehead atoms. The third kappa shape index (κ3) is 2.21. The summed E-state index contributed by atoms with van der Waals surface area (Å²) in [5, 5.41) is 13.2. The largest absolute Gasteiger partial charge is 0.240 e. The van der Waals surface area contributed by atoms with E-state index in [9.17, 15) is 0 Å². The average molecular weight is 225 g/mol. The Balaban J connectivity index is 2.47. The van der Waals surface area contributed by atoms with E-state index in [2.05, 4.69) is 43.2 Å². The van der Waals surface area contributed by atoms with Gasteiger partial charge < -0.3 is 0 Å². The third-order valence-corrected chi connectivity index (χ3v) is 2.87. The van der Waals surface area contributed by atoms with Gasteiger partial charge in [0.15, 0.2) is 0 Å². The lowest BCUT2D eigenvalue weighted by Gasteiger charge is -2.06. The first-order valence-corrected chi connectivity index (χ1v) is 5.61. The molecule has 0 N–H and O–H groups in total. The van der Waals surface area contributed by atoms with Crippen LogP contribution in [0.15, 0.2) is 24.4 Å². The molecule has 0 radical (unpaired) electrons. The van der Waals surface area contributed by atoms with Gasteiger partial charge in [-0.1, -0.05) is 17.7 Å². The van der Waals surface area contributed by atoms with E-state index in [-0.39, 0.29) is 0 Å². The number of hydrogen-bond donors (Lipinski definition) is 0. The molecular weight excluding hydrogens is 210 g/mol. The van der Waals surface area contributed by atoms with Gasteiger partial charge in [-0.25, -0.2) is 4.68 Å². The van der Waals surface area contributed by atoms with Crippen LogP contribution in [0.4, 0.5) is 0 Å². The summed E-state index contributed by atoms with van der Waals surface area (Å²) in [6.45, 7) is 6.09. The minimum absolute atomic E-state index is 0.413. The molecule has 0 atom stereocenters. The van der Waals surface area contributed by atoms with Gasteiger partial charge in [0.2, 0.25) is 0 Å². The van der Waals surface area contributed by atoms with Crippen molar-refractivity contribution in [2.24, 2.45) is 0 Å². The lowest BCUT2D eigenvalue weighted by atomic mass is 10.1. The summed E-state index contributed by atoms with van der Waals surface area (Å²) in [5.41, 5.74) is 5.42. The predicted molar refractivity (Wildman–Crippen MR) is 67.1 cm³/mol. The van der Waals surface area contributed by atoms with Crippen LogP contribution in [0.5, 0.6) is 0 Å². The maximum atomic E-state index is 8.73. The monoisotopic (exact) mass is 225 g/mol. The van der Waals surface area contributed by atoms with Crippen molar-refractivity contribution in [3.8, 4) is 11.8 Å². The molecule has 0 fully saturated rings. The fourth-order valence-corrected chi connectivity index (χ4v) is 1.94. The van der Waals surface area contributed by atoms with Gasteiger partial charge in [0, 0.05) is 11.8 Å². The molecule has 0 saturated carbocycles. The Bertz CT molecular complexity index is 588. The van der Waals surface area contributed by atoms with Crippen molar-refractivity contribution in [1.82, 2.24) is 9.78 Å². The Kier molecular flexibility index (Phi) is 2.97. The van der Waals surface area contributed by atoms with Gasteiger partial charge in [0.25, 0.3) is 0 Å². The number of nitriles is 1. The lowest BCUT2D eigenvalue weighted by molar-refractivity contribution is 0.855. The topological polar surface area (TPSA) is 41.6 Å². The number of nitrogens with zero attached hydrogens (tertiary/aromatic N) is 3. The van der Waals surface area contributed by atoms with Gasteiger partial charge in [-0.3, -0.25) is 0 Å². The van der Waals surface area contributed by atoms with Crippen molar-refractivity contribution in [3.63, 3.8) is 0 Å². The van der Waals surface area contributed by atoms with Gasteiger partial charge in [-0.2, -0.15) is 10.4 Å². The minimum atomic E-state index is 0.413. The second-order valence-electron chi connectivity index (χ2n) is 4.31. The first-order valence-electron chi connectivity index (χ1n) is 5.61. The highest BCUT2D eigenvalue weighted by Crippen LogP contribution is 2.17. The zero-order valence-electron chi connectivity index (χ0n) is 10.4. The Morgan fingerprint density at radius 1 is 1.29 bits per heavy atom. The lowest BCUT2D eigenvalue weighted by Crippen LogP contribution is -1.98. The minimum Gasteiger partial charge on any atom is -0.240 e. The Hall–Kier alpha value is -2.08. The smallest absolute Gasteiger partial charge is 0.0675 e. The van der Waals surface area contributed by atoms with Crippen LogP contribution in [0.25, 0.3) is 5.69 Å². The first-order chi connectivity index (χ1) is 8.11. The van der Waals surface area contributed by atoms with Gasteiger partial charge >= 0.3 is 0 Å². The van der Waals surface area contributed by atoms with Crippen LogP contribution in [-0.2, 0) is 6.42 Å². The summed E-state index contributed by atoms with van der Waals surface area (Å²) in [7, 11) is 0. The molecule has 0 saturated heterocycles. The van der Waals surface area contributed by atoms with E-state index < -0.39 is 0 Å². The van der Waals surface area contributed by atoms with Crippen LogP contribution in [0.1, 0.15) is 22.4 Å². The van der Waals surface area contributed by atoms with Crippen LogP contribution in [-0.4, -0.2) is 9.78 Å². The number of rotatable bonds is 2. The van der Waals surface area contributed by atoms with Crippen molar-refractivity contribution < 1.29 is 0 Å². The van der Waals surface area contributed by atoms with Crippen molar-refractivity contribution in [2.45, 2.75) is 27.2 Å². The van der Waals surface area contributed by atoms with E-state index in [0.717, 1.165) is 16.9 Å². The molecule has 1 aromatic carbocycles. The molecular formula is C14H15N3. The van der Waals surface area contributed by atoms with Crippen molar-refractivity contribution in [1.29, 1.82) is 5.26 Å². The SMILES string of the molecule is Cc1ccc(-n2cc(CC#N)c(C)n2)c(C)c1. The van der Waals surface area contributed by atoms with E-state index in [0.29, 0.717) is 6.42 Å². The molecule has 17 heavy (non-hydrogen) atoms. The fraction of sp³-hybridized carbons (Fsp3) is 0.286. The maximum Gasteiger partial charge on any atom is 0.0675 e. The highest BCUT2D eigenvalue weighted by molar-refractivity contribution is 5.42. The summed E-state index contributed by atoms with van der Waals surface area (Å²) < 4.78 is 1.86. The predicted octanol–water partition coefficient (Wildman–Crippen LogP) is 2.86. The summed E-state index contributed by atoms with van der Waals surface area (Å²) in [5.74, 6) is 0. The van der Waals surface area contributed by atoms with Crippen LogP contribution < -0.4 is 0 Å². The Morgan fingerprint density at radius 3 is 2.71 bits per heavy atom. The van der Waals surface area contributed by atoms with E-state index in [4.69, 9.17) is 5.26 Å². The molecule has 0 aliphatic rings. The molecule has 1 aromatic heterocycles. The van der Waals surface area contributed by atoms with Gasteiger partial charge in [-0.05, 0) is 32.4 Å². The molecule has 0 aliphatic heterocycles. The van der Waals surface area contributed by atoms with Gasteiger partial charge in [0.05, 0.1) is 23.9 Å². The number of hydrogen-bond acceptors (Lipinski definition) is 2. The molecule has 2 aromatic rings. The summed E-state index contributed by atoms with van der Waals surface area (Å²) in [4.78, 5) is 0. The van der Waals surface area contributed by atoms with E-state index in [1.807, 2.05) is 17.8 Å². The zero-order valence-corrected chi connectivity index (χ0v) is 10.4. The van der Waals surface area contributed by atoms with Crippen LogP contribution in [0, 0.1) is 32.1 Å². The summed E-state index contributed by atoms with van der Waals surface area (Å²) in [6, 6.07) is 8.43. The summed E-state index contributed by atoms with van der Waals surface area (Å²) in [6.07, 6.45) is 2.35. The molecule has 0 spiro atoms. The Labute approximate surface area is 101 Å². The number of benzene rings is 1. The standard InChI is InChI=1S/C14H15N3/c1-10-4-5-14(11(2)8-10)17-9-13(6-7-15)12(3)16-17/h4-5,8-9H,6H2,1-3H3. The molecule has 0 aliphatic carbocycles. The molecule has 86 valence electrons. The van der Waals surface area contributed by atoms with Gasteiger partial charge in [-0.15, -0.1) is 0 Å². The average Bonchev–Trinajstić information content (AvgIpc) is 2.60. The molecule has 0 amide bonds. The van der Waals surface area contributed by atoms with Gasteiger partial charge in [0.1, 0.15) is 0 Å². The molecule has 3 nitrogen and oxygen atoms in total. The highest BCUT2D eigenvalue weighted by Gasteiger charge is 2.07. The van der Waals surface area contributed by atoms with Crippen LogP contribution >= 0.6 is 0 Å². The number of aryl methyl sites for hydroxylation is 3. The molecule has 1 heterocycles. The van der Waals surface area contributed by atoms with Crippen molar-refractivity contribution in [2.75, 3.05) is 0 Å². The number of aromatic nitrogens is 2. The van der Waals surface area contributed by atoms with E-state index in [1.165, 1.54) is 11.1 Å². The van der Waals surface area contributed by atoms with Crippen LogP contribution in [0.3, 0.4) is 0 Å². The van der Waals surface area contributed by atoms with E-state index >= 15 is 0 Å². The van der Waals surface area contributed by atoms with Crippen molar-refractivity contribution >= 4 is 0 Å². The molecule has 0 unspecified atom stereocenters. The van der Waals surface area contributed by atoms with Crippen LogP contribution in [0.2, 0.25) is 0 Å². The molecule has 3 heteroatoms. The summed E-state index contributed by atoms with van der Waals surface area (Å²) >= 11 is 0. The second-order valence-corrected chi connectivity index (χ2v) is 4.31. The van der Waals surface area contributed by atoms with Crippen molar-refractivity contribution in [3.05, 3.63) is 46.8 Å². The quantitative estimate of drug-likeness (QED) is 0.788. The maximum absolute atomic E-state index is 8.73. The third-order valence-electron chi connectivity index (χ3n) is 2.87.